The average Bonchev–Trinajstić information content (AvgIpc) is 2.39. The Labute approximate surface area is 107 Å². The summed E-state index contributed by atoms with van der Waals surface area (Å²) in [6.07, 6.45) is 6.56. The molecule has 17 heavy (non-hydrogen) atoms. The van der Waals surface area contributed by atoms with E-state index < -0.39 is 0 Å². The maximum Gasteiger partial charge on any atom is 0.102 e. The highest BCUT2D eigenvalue weighted by molar-refractivity contribution is 5.03. The second-order valence-electron chi connectivity index (χ2n) is 4.27. The summed E-state index contributed by atoms with van der Waals surface area (Å²) >= 11 is 0. The molecule has 0 aromatic rings. The first-order chi connectivity index (χ1) is 8.17. The van der Waals surface area contributed by atoms with Crippen LogP contribution in [0.25, 0.3) is 0 Å². The Kier molecular flexibility index (Phi) is 8.87. The standard InChI is InChI=1S/C13H23NO.C2H6/c1-5-11(3)15-13(6-2)12-7-9-14(4)10-8-12;1-2/h5-6,12H,7-10H2,1-4H3;1-2H3/b11-5-,13-6-;. The lowest BCUT2D eigenvalue weighted by Gasteiger charge is -2.30. The van der Waals surface area contributed by atoms with Crippen LogP contribution in [0.4, 0.5) is 0 Å². The second-order valence-corrected chi connectivity index (χ2v) is 4.27. The summed E-state index contributed by atoms with van der Waals surface area (Å²) in [4.78, 5) is 2.38. The summed E-state index contributed by atoms with van der Waals surface area (Å²) in [5, 5.41) is 0. The number of rotatable bonds is 3. The number of nitrogens with zero attached hydrogens (tertiary/aromatic N) is 1. The smallest absolute Gasteiger partial charge is 0.102 e. The minimum absolute atomic E-state index is 0.612. The largest absolute Gasteiger partial charge is 0.467 e. The third kappa shape index (κ3) is 5.92. The number of piperidine rings is 1. The molecule has 0 aliphatic carbocycles. The molecule has 0 spiro atoms. The van der Waals surface area contributed by atoms with Gasteiger partial charge in [-0.3, -0.25) is 0 Å². The van der Waals surface area contributed by atoms with Gasteiger partial charge in [0, 0.05) is 5.92 Å². The van der Waals surface area contributed by atoms with Crippen molar-refractivity contribution in [1.82, 2.24) is 4.90 Å². The molecule has 100 valence electrons. The molecule has 0 N–H and O–H groups in total. The molecule has 0 aromatic heterocycles. The van der Waals surface area contributed by atoms with Gasteiger partial charge in [0.05, 0.1) is 5.76 Å². The zero-order chi connectivity index (χ0) is 13.3. The van der Waals surface area contributed by atoms with E-state index >= 15 is 0 Å². The van der Waals surface area contributed by atoms with Crippen molar-refractivity contribution in [2.75, 3.05) is 20.1 Å². The fourth-order valence-corrected chi connectivity index (χ4v) is 1.92. The molecular formula is C15H29NO. The third-order valence-corrected chi connectivity index (χ3v) is 3.09. The van der Waals surface area contributed by atoms with Crippen molar-refractivity contribution < 1.29 is 4.74 Å². The van der Waals surface area contributed by atoms with Crippen LogP contribution in [0.15, 0.2) is 23.7 Å². The van der Waals surface area contributed by atoms with Gasteiger partial charge in [-0.1, -0.05) is 13.8 Å². The minimum Gasteiger partial charge on any atom is -0.467 e. The monoisotopic (exact) mass is 239 g/mol. The zero-order valence-electron chi connectivity index (χ0n) is 12.4. The Morgan fingerprint density at radius 1 is 1.12 bits per heavy atom. The van der Waals surface area contributed by atoms with Gasteiger partial charge in [-0.25, -0.2) is 0 Å². The first kappa shape index (κ1) is 16.2. The molecule has 0 bridgehead atoms. The van der Waals surface area contributed by atoms with Crippen LogP contribution in [0.3, 0.4) is 0 Å². The first-order valence-corrected chi connectivity index (χ1v) is 6.83. The molecular weight excluding hydrogens is 210 g/mol. The normalized spacial score (nSPS) is 19.6. The summed E-state index contributed by atoms with van der Waals surface area (Å²) in [5.74, 6) is 2.77. The molecule has 2 nitrogen and oxygen atoms in total. The molecule has 1 saturated heterocycles. The van der Waals surface area contributed by atoms with Gasteiger partial charge in [-0.15, -0.1) is 0 Å². The molecule has 0 atom stereocenters. The van der Waals surface area contributed by atoms with E-state index in [1.165, 1.54) is 25.9 Å². The van der Waals surface area contributed by atoms with Crippen LogP contribution in [0.5, 0.6) is 0 Å². The quantitative estimate of drug-likeness (QED) is 0.684. The van der Waals surface area contributed by atoms with Crippen LogP contribution >= 0.6 is 0 Å². The molecule has 2 heteroatoms. The SMILES string of the molecule is C/C=C(/C)O/C(=C\C)C1CCN(C)CC1.CC. The minimum atomic E-state index is 0.612. The van der Waals surface area contributed by atoms with Gasteiger partial charge in [0.25, 0.3) is 0 Å². The highest BCUT2D eigenvalue weighted by Gasteiger charge is 2.21. The molecule has 1 aliphatic heterocycles. The van der Waals surface area contributed by atoms with E-state index in [-0.39, 0.29) is 0 Å². The van der Waals surface area contributed by atoms with E-state index in [1.54, 1.807) is 0 Å². The second kappa shape index (κ2) is 9.29. The van der Waals surface area contributed by atoms with Crippen LogP contribution in [0, 0.1) is 5.92 Å². The fraction of sp³-hybridized carbons (Fsp3) is 0.733. The van der Waals surface area contributed by atoms with Gasteiger partial charge in [-0.2, -0.15) is 0 Å². The van der Waals surface area contributed by atoms with Crippen molar-refractivity contribution in [1.29, 1.82) is 0 Å². The molecule has 1 fully saturated rings. The lowest BCUT2D eigenvalue weighted by Crippen LogP contribution is -2.31. The average molecular weight is 239 g/mol. The van der Waals surface area contributed by atoms with E-state index in [0.717, 1.165) is 11.5 Å². The predicted molar refractivity (Wildman–Crippen MR) is 75.8 cm³/mol. The lowest BCUT2D eigenvalue weighted by molar-refractivity contribution is 0.178. The Hall–Kier alpha value is -0.760. The number of ether oxygens (including phenoxy) is 1. The molecule has 0 radical (unpaired) electrons. The number of hydrogen-bond donors (Lipinski definition) is 0. The van der Waals surface area contributed by atoms with E-state index in [4.69, 9.17) is 4.74 Å². The Bertz CT molecular complexity index is 248. The van der Waals surface area contributed by atoms with Gasteiger partial charge in [-0.05, 0) is 65.9 Å². The van der Waals surface area contributed by atoms with E-state index in [0.29, 0.717) is 5.92 Å². The topological polar surface area (TPSA) is 12.5 Å². The van der Waals surface area contributed by atoms with Crippen LogP contribution in [0.1, 0.15) is 47.5 Å². The Morgan fingerprint density at radius 2 is 1.65 bits per heavy atom. The summed E-state index contributed by atoms with van der Waals surface area (Å²) in [6, 6.07) is 0. The molecule has 0 unspecified atom stereocenters. The zero-order valence-corrected chi connectivity index (χ0v) is 12.4. The van der Waals surface area contributed by atoms with Crippen molar-refractivity contribution in [2.45, 2.75) is 47.5 Å². The van der Waals surface area contributed by atoms with Crippen LogP contribution in [-0.4, -0.2) is 25.0 Å². The number of likely N-dealkylation sites (tertiary alicyclic amines) is 1. The fourth-order valence-electron chi connectivity index (χ4n) is 1.92. The highest BCUT2D eigenvalue weighted by atomic mass is 16.5. The van der Waals surface area contributed by atoms with Crippen LogP contribution < -0.4 is 0 Å². The van der Waals surface area contributed by atoms with Crippen molar-refractivity contribution >= 4 is 0 Å². The molecule has 1 aliphatic rings. The van der Waals surface area contributed by atoms with Crippen molar-refractivity contribution in [3.05, 3.63) is 23.7 Å². The van der Waals surface area contributed by atoms with Crippen molar-refractivity contribution in [3.8, 4) is 0 Å². The summed E-state index contributed by atoms with van der Waals surface area (Å²) in [5.41, 5.74) is 0. The Morgan fingerprint density at radius 3 is 2.06 bits per heavy atom. The van der Waals surface area contributed by atoms with E-state index in [2.05, 4.69) is 24.9 Å². The predicted octanol–water partition coefficient (Wildman–Crippen LogP) is 4.20. The van der Waals surface area contributed by atoms with Crippen LogP contribution in [-0.2, 0) is 4.74 Å². The van der Waals surface area contributed by atoms with Gasteiger partial charge in [0.15, 0.2) is 0 Å². The third-order valence-electron chi connectivity index (χ3n) is 3.09. The first-order valence-electron chi connectivity index (χ1n) is 6.83. The maximum absolute atomic E-state index is 5.83. The van der Waals surface area contributed by atoms with Gasteiger partial charge < -0.3 is 9.64 Å². The van der Waals surface area contributed by atoms with E-state index in [1.807, 2.05) is 33.8 Å². The summed E-state index contributed by atoms with van der Waals surface area (Å²) < 4.78 is 5.83. The molecule has 0 aromatic carbocycles. The number of hydrogen-bond acceptors (Lipinski definition) is 2. The lowest BCUT2D eigenvalue weighted by atomic mass is 9.95. The molecule has 0 saturated carbocycles. The van der Waals surface area contributed by atoms with Gasteiger partial charge >= 0.3 is 0 Å². The van der Waals surface area contributed by atoms with Crippen LogP contribution in [0.2, 0.25) is 0 Å². The van der Waals surface area contributed by atoms with Crippen molar-refractivity contribution in [2.24, 2.45) is 5.92 Å². The van der Waals surface area contributed by atoms with E-state index in [9.17, 15) is 0 Å². The van der Waals surface area contributed by atoms with Crippen molar-refractivity contribution in [3.63, 3.8) is 0 Å². The molecule has 1 heterocycles. The summed E-state index contributed by atoms with van der Waals surface area (Å²) in [7, 11) is 2.18. The van der Waals surface area contributed by atoms with Gasteiger partial charge in [0.2, 0.25) is 0 Å². The Balaban J connectivity index is 0.00000121. The summed E-state index contributed by atoms with van der Waals surface area (Å²) in [6.45, 7) is 12.5. The highest BCUT2D eigenvalue weighted by Crippen LogP contribution is 2.26. The molecule has 0 amide bonds. The maximum atomic E-state index is 5.83. The number of allylic oxidation sites excluding steroid dienone is 4. The molecule has 1 rings (SSSR count). The van der Waals surface area contributed by atoms with Gasteiger partial charge in [0.1, 0.15) is 5.76 Å².